The van der Waals surface area contributed by atoms with Gasteiger partial charge in [0, 0.05) is 27.5 Å². The molecule has 0 aliphatic rings. The minimum absolute atomic E-state index is 0.710. The molecule has 3 heteroatoms. The molecule has 0 radical (unpaired) electrons. The van der Waals surface area contributed by atoms with E-state index in [1.807, 2.05) is 49.4 Å². The standard InChI is InChI=1S/C34H25N3/c1-3-12-25-22-30(27-17-7-8-18-28(27)32(25)35-2)24-15-11-16-26(21-24)34-36-31-20-10-9-19-29(31)33(37-34)23-13-5-4-6-14-23/h3-22H,2H2,1H3/b12-3-. The molecule has 5 aromatic carbocycles. The van der Waals surface area contributed by atoms with Gasteiger partial charge in [0.05, 0.1) is 16.9 Å². The second kappa shape index (κ2) is 9.63. The molecule has 1 aromatic heterocycles. The number of nitrogens with zero attached hydrogens (tertiary/aromatic N) is 3. The summed E-state index contributed by atoms with van der Waals surface area (Å²) in [6.45, 7) is 5.86. The van der Waals surface area contributed by atoms with Crippen LogP contribution in [0.1, 0.15) is 12.5 Å². The molecule has 6 rings (SSSR count). The maximum atomic E-state index is 5.07. The Balaban J connectivity index is 1.57. The zero-order valence-electron chi connectivity index (χ0n) is 20.6. The van der Waals surface area contributed by atoms with Gasteiger partial charge < -0.3 is 0 Å². The first-order valence-corrected chi connectivity index (χ1v) is 12.3. The van der Waals surface area contributed by atoms with Crippen LogP contribution in [0.5, 0.6) is 0 Å². The van der Waals surface area contributed by atoms with E-state index in [4.69, 9.17) is 9.97 Å². The van der Waals surface area contributed by atoms with E-state index in [1.54, 1.807) is 0 Å². The number of benzene rings is 5. The smallest absolute Gasteiger partial charge is 0.160 e. The third-order valence-electron chi connectivity index (χ3n) is 6.63. The summed E-state index contributed by atoms with van der Waals surface area (Å²) < 4.78 is 0. The summed E-state index contributed by atoms with van der Waals surface area (Å²) in [4.78, 5) is 14.4. The summed E-state index contributed by atoms with van der Waals surface area (Å²) in [5.74, 6) is 0.710. The third kappa shape index (κ3) is 4.11. The van der Waals surface area contributed by atoms with Crippen molar-refractivity contribution in [3.05, 3.63) is 121 Å². The molecule has 1 heterocycles. The van der Waals surface area contributed by atoms with Gasteiger partial charge >= 0.3 is 0 Å². The van der Waals surface area contributed by atoms with Crippen molar-refractivity contribution < 1.29 is 0 Å². The zero-order valence-corrected chi connectivity index (χ0v) is 20.6. The highest BCUT2D eigenvalue weighted by molar-refractivity contribution is 6.06. The van der Waals surface area contributed by atoms with E-state index < -0.39 is 0 Å². The summed E-state index contributed by atoms with van der Waals surface area (Å²) in [5, 5.41) is 3.27. The Morgan fingerprint density at radius 2 is 1.32 bits per heavy atom. The molecule has 0 saturated heterocycles. The average molecular weight is 476 g/mol. The van der Waals surface area contributed by atoms with Crippen molar-refractivity contribution in [2.24, 2.45) is 4.99 Å². The van der Waals surface area contributed by atoms with Gasteiger partial charge in [-0.05, 0) is 48.4 Å². The molecule has 0 atom stereocenters. The van der Waals surface area contributed by atoms with E-state index in [-0.39, 0.29) is 0 Å². The van der Waals surface area contributed by atoms with Crippen LogP contribution >= 0.6 is 0 Å². The topological polar surface area (TPSA) is 38.1 Å². The molecule has 0 saturated carbocycles. The molecule has 176 valence electrons. The fraction of sp³-hybridized carbons (Fsp3) is 0.0294. The molecular weight excluding hydrogens is 450 g/mol. The molecule has 37 heavy (non-hydrogen) atoms. The normalized spacial score (nSPS) is 11.4. The Morgan fingerprint density at radius 1 is 0.649 bits per heavy atom. The number of hydrogen-bond acceptors (Lipinski definition) is 3. The number of aliphatic imine (C=N–C) groups is 1. The number of fused-ring (bicyclic) bond motifs is 2. The maximum absolute atomic E-state index is 5.07. The lowest BCUT2D eigenvalue weighted by Crippen LogP contribution is -1.95. The van der Waals surface area contributed by atoms with E-state index in [0.717, 1.165) is 60.9 Å². The van der Waals surface area contributed by atoms with Crippen molar-refractivity contribution in [2.45, 2.75) is 6.92 Å². The minimum atomic E-state index is 0.710. The van der Waals surface area contributed by atoms with Gasteiger partial charge in [-0.15, -0.1) is 0 Å². The van der Waals surface area contributed by atoms with Gasteiger partial charge in [0.15, 0.2) is 5.82 Å². The quantitative estimate of drug-likeness (QED) is 0.233. The van der Waals surface area contributed by atoms with E-state index in [0.29, 0.717) is 5.82 Å². The van der Waals surface area contributed by atoms with Crippen LogP contribution in [0.3, 0.4) is 0 Å². The Hall–Kier alpha value is -4.89. The van der Waals surface area contributed by atoms with Crippen LogP contribution in [-0.4, -0.2) is 16.7 Å². The number of para-hydroxylation sites is 1. The number of allylic oxidation sites excluding steroid dienone is 1. The van der Waals surface area contributed by atoms with Crippen LogP contribution in [0, 0.1) is 0 Å². The van der Waals surface area contributed by atoms with Crippen LogP contribution in [0.2, 0.25) is 0 Å². The van der Waals surface area contributed by atoms with E-state index in [2.05, 4.69) is 90.6 Å². The van der Waals surface area contributed by atoms with Crippen molar-refractivity contribution in [3.8, 4) is 33.8 Å². The lowest BCUT2D eigenvalue weighted by atomic mass is 9.93. The van der Waals surface area contributed by atoms with Gasteiger partial charge in [-0.25, -0.2) is 9.97 Å². The fourth-order valence-corrected chi connectivity index (χ4v) is 4.95. The van der Waals surface area contributed by atoms with Gasteiger partial charge in [-0.2, -0.15) is 0 Å². The lowest BCUT2D eigenvalue weighted by molar-refractivity contribution is 1.23. The van der Waals surface area contributed by atoms with E-state index in [9.17, 15) is 0 Å². The number of aromatic nitrogens is 2. The highest BCUT2D eigenvalue weighted by atomic mass is 14.9. The molecule has 0 spiro atoms. The van der Waals surface area contributed by atoms with Gasteiger partial charge in [-0.3, -0.25) is 4.99 Å². The van der Waals surface area contributed by atoms with Crippen LogP contribution in [0.4, 0.5) is 5.69 Å². The molecule has 0 fully saturated rings. The number of hydrogen-bond donors (Lipinski definition) is 0. The Labute approximate surface area is 216 Å². The van der Waals surface area contributed by atoms with E-state index in [1.165, 1.54) is 0 Å². The highest BCUT2D eigenvalue weighted by Gasteiger charge is 2.14. The molecule has 0 unspecified atom stereocenters. The molecule has 0 aliphatic heterocycles. The molecule has 0 amide bonds. The molecule has 6 aromatic rings. The molecule has 0 bridgehead atoms. The summed E-state index contributed by atoms with van der Waals surface area (Å²) in [7, 11) is 0. The molecule has 0 N–H and O–H groups in total. The SMILES string of the molecule is C=Nc1c(/C=C\C)cc(-c2cccc(-c3nc(-c4ccccc4)c4ccccc4n3)c2)c2ccccc12. The predicted molar refractivity (Wildman–Crippen MR) is 157 cm³/mol. The summed E-state index contributed by atoms with van der Waals surface area (Å²) in [5.41, 5.74) is 8.11. The first-order valence-electron chi connectivity index (χ1n) is 12.3. The Morgan fingerprint density at radius 3 is 2.11 bits per heavy atom. The van der Waals surface area contributed by atoms with Crippen molar-refractivity contribution in [1.29, 1.82) is 0 Å². The third-order valence-corrected chi connectivity index (χ3v) is 6.63. The molecule has 3 nitrogen and oxygen atoms in total. The summed E-state index contributed by atoms with van der Waals surface area (Å²) in [6.07, 6.45) is 4.12. The van der Waals surface area contributed by atoms with Gasteiger partial charge in [0.1, 0.15) is 0 Å². The molecular formula is C34H25N3. The van der Waals surface area contributed by atoms with Crippen molar-refractivity contribution in [3.63, 3.8) is 0 Å². The first-order chi connectivity index (χ1) is 18.3. The zero-order chi connectivity index (χ0) is 25.2. The second-order valence-electron chi connectivity index (χ2n) is 8.93. The molecule has 0 aliphatic carbocycles. The maximum Gasteiger partial charge on any atom is 0.160 e. The fourth-order valence-electron chi connectivity index (χ4n) is 4.95. The van der Waals surface area contributed by atoms with E-state index >= 15 is 0 Å². The lowest BCUT2D eigenvalue weighted by Gasteiger charge is -2.14. The first kappa shape index (κ1) is 22.6. The van der Waals surface area contributed by atoms with Crippen LogP contribution < -0.4 is 0 Å². The van der Waals surface area contributed by atoms with Crippen LogP contribution in [0.15, 0.2) is 120 Å². The van der Waals surface area contributed by atoms with Gasteiger partial charge in [0.2, 0.25) is 0 Å². The minimum Gasteiger partial charge on any atom is -0.263 e. The largest absolute Gasteiger partial charge is 0.263 e. The van der Waals surface area contributed by atoms with Gasteiger partial charge in [-0.1, -0.05) is 103 Å². The predicted octanol–water partition coefficient (Wildman–Crippen LogP) is 9.15. The van der Waals surface area contributed by atoms with Crippen LogP contribution in [-0.2, 0) is 0 Å². The number of rotatable bonds is 5. The Kier molecular flexibility index (Phi) is 5.88. The second-order valence-corrected chi connectivity index (χ2v) is 8.93. The average Bonchev–Trinajstić information content (AvgIpc) is 2.97. The van der Waals surface area contributed by atoms with Crippen molar-refractivity contribution in [1.82, 2.24) is 9.97 Å². The monoisotopic (exact) mass is 475 g/mol. The van der Waals surface area contributed by atoms with Gasteiger partial charge in [0.25, 0.3) is 0 Å². The Bertz CT molecular complexity index is 1800. The summed E-state index contributed by atoms with van der Waals surface area (Å²) >= 11 is 0. The summed E-state index contributed by atoms with van der Waals surface area (Å²) in [6, 6.07) is 37.5. The van der Waals surface area contributed by atoms with Crippen molar-refractivity contribution in [2.75, 3.05) is 0 Å². The van der Waals surface area contributed by atoms with Crippen LogP contribution in [0.25, 0.3) is 61.5 Å². The highest BCUT2D eigenvalue weighted by Crippen LogP contribution is 2.39. The van der Waals surface area contributed by atoms with Crippen molar-refractivity contribution >= 4 is 40.2 Å².